The monoisotopic (exact) mass is 441 g/mol. The molecule has 0 aliphatic heterocycles. The molecule has 3 aromatic heterocycles. The smallest absolute Gasteiger partial charge is 0.268 e. The van der Waals surface area contributed by atoms with Crippen molar-refractivity contribution in [2.24, 2.45) is 0 Å². The Bertz CT molecular complexity index is 1440. The van der Waals surface area contributed by atoms with Gasteiger partial charge in [-0.15, -0.1) is 0 Å². The maximum absolute atomic E-state index is 13.0. The highest BCUT2D eigenvalue weighted by atomic mass is 35.5. The van der Waals surface area contributed by atoms with Gasteiger partial charge in [-0.05, 0) is 37.1 Å². The van der Waals surface area contributed by atoms with Gasteiger partial charge in [-0.1, -0.05) is 17.7 Å². The highest BCUT2D eigenvalue weighted by Crippen LogP contribution is 2.35. The molecular weight excluding hydrogens is 426 g/mol. The second-order valence-corrected chi connectivity index (χ2v) is 9.51. The zero-order valence-electron chi connectivity index (χ0n) is 15.6. The Kier molecular flexibility index (Phi) is 4.44. The zero-order valence-corrected chi connectivity index (χ0v) is 17.2. The third-order valence-corrected chi connectivity index (χ3v) is 7.15. The van der Waals surface area contributed by atoms with Crippen LogP contribution in [0.1, 0.15) is 24.4 Å². The summed E-state index contributed by atoms with van der Waals surface area (Å²) in [4.78, 5) is 17.1. The number of sulfone groups is 1. The van der Waals surface area contributed by atoms with Gasteiger partial charge in [0.2, 0.25) is 9.84 Å². The first-order valence-corrected chi connectivity index (χ1v) is 11.2. The second-order valence-electron chi connectivity index (χ2n) is 7.20. The van der Waals surface area contributed by atoms with Crippen molar-refractivity contribution < 1.29 is 8.42 Å². The Morgan fingerprint density at radius 2 is 1.93 bits per heavy atom. The average Bonchev–Trinajstić information content (AvgIpc) is 3.47. The van der Waals surface area contributed by atoms with Crippen LogP contribution < -0.4 is 5.56 Å². The van der Waals surface area contributed by atoms with Crippen molar-refractivity contribution in [2.45, 2.75) is 35.2 Å². The van der Waals surface area contributed by atoms with Crippen molar-refractivity contribution >= 4 is 32.2 Å². The first-order chi connectivity index (χ1) is 14.4. The Balaban J connectivity index is 1.51. The quantitative estimate of drug-likeness (QED) is 0.441. The van der Waals surface area contributed by atoms with Crippen LogP contribution >= 0.6 is 11.6 Å². The fourth-order valence-corrected chi connectivity index (χ4v) is 4.69. The van der Waals surface area contributed by atoms with Crippen molar-refractivity contribution in [3.63, 3.8) is 0 Å². The van der Waals surface area contributed by atoms with Gasteiger partial charge in [-0.3, -0.25) is 9.48 Å². The summed E-state index contributed by atoms with van der Waals surface area (Å²) >= 11 is 6.07. The Labute approximate surface area is 176 Å². The summed E-state index contributed by atoms with van der Waals surface area (Å²) in [5.41, 5.74) is 0.331. The number of nitrogens with zero attached hydrogens (tertiary/aromatic N) is 5. The summed E-state index contributed by atoms with van der Waals surface area (Å²) in [6.07, 6.45) is 8.00. The van der Waals surface area contributed by atoms with Gasteiger partial charge in [0, 0.05) is 23.3 Å². The zero-order chi connectivity index (χ0) is 20.9. The molecule has 0 bridgehead atoms. The standard InChI is InChI=1S/C20H16ClN5O3S/c21-19-13(2-1-7-22-19)11-26-20(27)18-6-5-16(8-14(18)9-23-26)30(28,29)17-10-24-25(12-17)15-3-4-15/h1-2,5-10,12,15H,3-4,11H2. The summed E-state index contributed by atoms with van der Waals surface area (Å²) in [7, 11) is -3.74. The number of halogens is 1. The van der Waals surface area contributed by atoms with Crippen molar-refractivity contribution in [3.8, 4) is 0 Å². The van der Waals surface area contributed by atoms with Crippen molar-refractivity contribution in [1.82, 2.24) is 24.5 Å². The molecule has 1 aliphatic rings. The van der Waals surface area contributed by atoms with Crippen LogP contribution in [-0.4, -0.2) is 33.0 Å². The molecule has 0 saturated heterocycles. The summed E-state index contributed by atoms with van der Waals surface area (Å²) in [6, 6.07) is 8.21. The molecule has 0 spiro atoms. The van der Waals surface area contributed by atoms with E-state index < -0.39 is 9.84 Å². The van der Waals surface area contributed by atoms with Crippen molar-refractivity contribution in [3.05, 3.63) is 76.2 Å². The molecular formula is C20H16ClN5O3S. The number of hydrogen-bond acceptors (Lipinski definition) is 6. The minimum atomic E-state index is -3.74. The van der Waals surface area contributed by atoms with E-state index in [1.165, 1.54) is 35.3 Å². The van der Waals surface area contributed by atoms with Crippen LogP contribution in [0.2, 0.25) is 5.15 Å². The molecule has 1 aliphatic carbocycles. The lowest BCUT2D eigenvalue weighted by Gasteiger charge is -2.08. The largest absolute Gasteiger partial charge is 0.274 e. The molecule has 1 fully saturated rings. The molecule has 1 aromatic carbocycles. The van der Waals surface area contributed by atoms with E-state index in [-0.39, 0.29) is 21.9 Å². The SMILES string of the molecule is O=c1c2ccc(S(=O)(=O)c3cnn(C4CC4)c3)cc2cnn1Cc1cccnc1Cl. The van der Waals surface area contributed by atoms with Gasteiger partial charge in [-0.25, -0.2) is 18.1 Å². The Hall–Kier alpha value is -3.04. The molecule has 0 unspecified atom stereocenters. The van der Waals surface area contributed by atoms with Crippen molar-refractivity contribution in [1.29, 1.82) is 0 Å². The molecule has 1 saturated carbocycles. The number of fused-ring (bicyclic) bond motifs is 1. The molecule has 4 aromatic rings. The Morgan fingerprint density at radius 3 is 2.70 bits per heavy atom. The third-order valence-electron chi connectivity index (χ3n) is 5.10. The maximum atomic E-state index is 13.0. The van der Waals surface area contributed by atoms with E-state index in [4.69, 9.17) is 11.6 Å². The van der Waals surface area contributed by atoms with E-state index in [1.54, 1.807) is 29.2 Å². The number of pyridine rings is 1. The summed E-state index contributed by atoms with van der Waals surface area (Å²) in [5, 5.41) is 9.47. The average molecular weight is 442 g/mol. The van der Waals surface area contributed by atoms with E-state index in [0.29, 0.717) is 27.5 Å². The number of hydrogen-bond donors (Lipinski definition) is 0. The van der Waals surface area contributed by atoms with E-state index in [0.717, 1.165) is 12.8 Å². The summed E-state index contributed by atoms with van der Waals surface area (Å²) in [6.45, 7) is 0.169. The molecule has 0 amide bonds. The maximum Gasteiger partial charge on any atom is 0.274 e. The molecule has 5 rings (SSSR count). The van der Waals surface area contributed by atoms with Crippen LogP contribution in [0.15, 0.2) is 69.7 Å². The van der Waals surface area contributed by atoms with E-state index in [1.807, 2.05) is 0 Å². The fourth-order valence-electron chi connectivity index (χ4n) is 3.28. The van der Waals surface area contributed by atoms with Crippen molar-refractivity contribution in [2.75, 3.05) is 0 Å². The molecule has 152 valence electrons. The first-order valence-electron chi connectivity index (χ1n) is 9.32. The highest BCUT2D eigenvalue weighted by Gasteiger charge is 2.27. The van der Waals surface area contributed by atoms with Gasteiger partial charge >= 0.3 is 0 Å². The van der Waals surface area contributed by atoms with E-state index in [9.17, 15) is 13.2 Å². The number of rotatable bonds is 5. The fraction of sp³-hybridized carbons (Fsp3) is 0.200. The predicted molar refractivity (Wildman–Crippen MR) is 110 cm³/mol. The number of benzene rings is 1. The highest BCUT2D eigenvalue weighted by molar-refractivity contribution is 7.91. The van der Waals surface area contributed by atoms with Gasteiger partial charge < -0.3 is 0 Å². The van der Waals surface area contributed by atoms with Crippen LogP contribution in [-0.2, 0) is 16.4 Å². The topological polar surface area (TPSA) is 99.7 Å². The molecule has 10 heteroatoms. The number of aromatic nitrogens is 5. The third kappa shape index (κ3) is 3.29. The van der Waals surface area contributed by atoms with Gasteiger partial charge in [0.1, 0.15) is 10.0 Å². The van der Waals surface area contributed by atoms with Gasteiger partial charge in [0.25, 0.3) is 5.56 Å². The lowest BCUT2D eigenvalue weighted by Crippen LogP contribution is -2.23. The first kappa shape index (κ1) is 19.0. The second kappa shape index (κ2) is 7.03. The van der Waals surface area contributed by atoms with E-state index >= 15 is 0 Å². The summed E-state index contributed by atoms with van der Waals surface area (Å²) in [5.74, 6) is 0. The van der Waals surface area contributed by atoms with Crippen LogP contribution in [0.25, 0.3) is 10.8 Å². The van der Waals surface area contributed by atoms with E-state index in [2.05, 4.69) is 15.2 Å². The summed E-state index contributed by atoms with van der Waals surface area (Å²) < 4.78 is 28.9. The van der Waals surface area contributed by atoms with Gasteiger partial charge in [0.15, 0.2) is 0 Å². The molecule has 3 heterocycles. The molecule has 8 nitrogen and oxygen atoms in total. The lowest BCUT2D eigenvalue weighted by atomic mass is 10.2. The molecule has 30 heavy (non-hydrogen) atoms. The minimum Gasteiger partial charge on any atom is -0.268 e. The molecule has 0 N–H and O–H groups in total. The van der Waals surface area contributed by atoms with Gasteiger partial charge in [-0.2, -0.15) is 10.2 Å². The van der Waals surface area contributed by atoms with Crippen LogP contribution in [0.3, 0.4) is 0 Å². The Morgan fingerprint density at radius 1 is 1.10 bits per heavy atom. The van der Waals surface area contributed by atoms with Crippen LogP contribution in [0, 0.1) is 0 Å². The normalized spacial score (nSPS) is 14.3. The molecule has 0 atom stereocenters. The van der Waals surface area contributed by atoms with Crippen LogP contribution in [0.5, 0.6) is 0 Å². The van der Waals surface area contributed by atoms with Crippen LogP contribution in [0.4, 0.5) is 0 Å². The predicted octanol–water partition coefficient (Wildman–Crippen LogP) is 2.86. The molecule has 0 radical (unpaired) electrons. The minimum absolute atomic E-state index is 0.0969. The van der Waals surface area contributed by atoms with Gasteiger partial charge in [0.05, 0.1) is 35.3 Å². The lowest BCUT2D eigenvalue weighted by molar-refractivity contribution is 0.595.